The zero-order chi connectivity index (χ0) is 15.8. The van der Waals surface area contributed by atoms with E-state index in [2.05, 4.69) is 25.2 Å². The highest BCUT2D eigenvalue weighted by atomic mass is 16.4. The fraction of sp³-hybridized carbons (Fsp3) is 0.588. The molecule has 0 saturated heterocycles. The van der Waals surface area contributed by atoms with Gasteiger partial charge in [-0.15, -0.1) is 0 Å². The van der Waals surface area contributed by atoms with Crippen molar-refractivity contribution in [2.24, 2.45) is 17.3 Å². The average Bonchev–Trinajstić information content (AvgIpc) is 2.81. The van der Waals surface area contributed by atoms with Gasteiger partial charge < -0.3 is 14.8 Å². The zero-order valence-electron chi connectivity index (χ0n) is 13.4. The Morgan fingerprint density at radius 2 is 2.19 bits per heavy atom. The molecule has 0 bridgehead atoms. The van der Waals surface area contributed by atoms with Gasteiger partial charge >= 0.3 is 0 Å². The quantitative estimate of drug-likeness (QED) is 0.820. The van der Waals surface area contributed by atoms with Gasteiger partial charge in [0.1, 0.15) is 11.4 Å². The van der Waals surface area contributed by atoms with Gasteiger partial charge in [-0.05, 0) is 44.2 Å². The highest BCUT2D eigenvalue weighted by molar-refractivity contribution is 5.83. The van der Waals surface area contributed by atoms with Crippen LogP contribution < -0.4 is 5.32 Å². The fourth-order valence-corrected chi connectivity index (χ4v) is 2.89. The predicted octanol–water partition coefficient (Wildman–Crippen LogP) is 2.84. The van der Waals surface area contributed by atoms with Crippen LogP contribution in [0, 0.1) is 17.3 Å². The summed E-state index contributed by atoms with van der Waals surface area (Å²) in [6, 6.07) is 3.43. The zero-order valence-corrected chi connectivity index (χ0v) is 13.4. The number of hydrogen-bond donors (Lipinski definition) is 2. The van der Waals surface area contributed by atoms with Gasteiger partial charge in [0.05, 0.1) is 18.7 Å². The van der Waals surface area contributed by atoms with Gasteiger partial charge in [0.2, 0.25) is 5.91 Å². The number of carbonyl (C=O) groups excluding carboxylic acids is 1. The lowest BCUT2D eigenvalue weighted by molar-refractivity contribution is -0.124. The number of furan rings is 1. The Labute approximate surface area is 126 Å². The first-order valence-electron chi connectivity index (χ1n) is 7.35. The molecule has 3 unspecified atom stereocenters. The molecule has 1 amide bonds. The van der Waals surface area contributed by atoms with E-state index in [4.69, 9.17) is 4.42 Å². The first-order chi connectivity index (χ1) is 9.66. The molecule has 116 valence electrons. The third-order valence-electron chi connectivity index (χ3n) is 4.36. The maximum atomic E-state index is 12.3. The van der Waals surface area contributed by atoms with E-state index in [0.717, 1.165) is 0 Å². The second kappa shape index (κ2) is 5.34. The topological polar surface area (TPSA) is 62.5 Å². The predicted molar refractivity (Wildman–Crippen MR) is 81.5 cm³/mol. The lowest BCUT2D eigenvalue weighted by Gasteiger charge is -2.21. The van der Waals surface area contributed by atoms with Crippen molar-refractivity contribution in [1.29, 1.82) is 0 Å². The molecule has 2 rings (SSSR count). The summed E-state index contributed by atoms with van der Waals surface area (Å²) in [5.41, 5.74) is 0.0215. The van der Waals surface area contributed by atoms with Gasteiger partial charge in [0.25, 0.3) is 0 Å². The Morgan fingerprint density at radius 3 is 2.71 bits per heavy atom. The minimum Gasteiger partial charge on any atom is -0.466 e. The fourth-order valence-electron chi connectivity index (χ4n) is 2.89. The molecule has 1 aliphatic rings. The number of aliphatic hydroxyl groups is 1. The van der Waals surface area contributed by atoms with Gasteiger partial charge in [-0.3, -0.25) is 4.79 Å². The van der Waals surface area contributed by atoms with Crippen LogP contribution in [0.4, 0.5) is 0 Å². The van der Waals surface area contributed by atoms with Crippen molar-refractivity contribution in [3.8, 4) is 0 Å². The maximum Gasteiger partial charge on any atom is 0.224 e. The summed E-state index contributed by atoms with van der Waals surface area (Å²) in [5, 5.41) is 13.2. The molecule has 0 aromatic carbocycles. The van der Waals surface area contributed by atoms with E-state index < -0.39 is 5.60 Å². The van der Waals surface area contributed by atoms with Gasteiger partial charge in [-0.2, -0.15) is 0 Å². The molecule has 4 nitrogen and oxygen atoms in total. The summed E-state index contributed by atoms with van der Waals surface area (Å²) >= 11 is 0. The number of carbonyl (C=O) groups is 1. The molecule has 1 heterocycles. The van der Waals surface area contributed by atoms with Crippen molar-refractivity contribution in [2.75, 3.05) is 6.54 Å². The lowest BCUT2D eigenvalue weighted by Crippen LogP contribution is -2.39. The molecule has 1 aromatic heterocycles. The minimum absolute atomic E-state index is 0.00525. The lowest BCUT2D eigenvalue weighted by atomic mass is 10.0. The monoisotopic (exact) mass is 291 g/mol. The first kappa shape index (κ1) is 15.8. The molecule has 1 saturated carbocycles. The molecule has 0 aliphatic heterocycles. The summed E-state index contributed by atoms with van der Waals surface area (Å²) in [6.07, 6.45) is 3.68. The van der Waals surface area contributed by atoms with E-state index in [0.29, 0.717) is 5.76 Å². The molecule has 4 heteroatoms. The molecule has 1 aliphatic carbocycles. The van der Waals surface area contributed by atoms with Crippen LogP contribution in [0.15, 0.2) is 34.5 Å². The number of hydrogen-bond acceptors (Lipinski definition) is 3. The molecule has 21 heavy (non-hydrogen) atoms. The third-order valence-corrected chi connectivity index (χ3v) is 4.36. The summed E-state index contributed by atoms with van der Waals surface area (Å²) in [4.78, 5) is 12.3. The molecule has 0 radical (unpaired) electrons. The smallest absolute Gasteiger partial charge is 0.224 e. The van der Waals surface area contributed by atoms with Crippen molar-refractivity contribution < 1.29 is 14.3 Å². The van der Waals surface area contributed by atoms with Gasteiger partial charge in [0.15, 0.2) is 0 Å². The highest BCUT2D eigenvalue weighted by Crippen LogP contribution is 2.59. The van der Waals surface area contributed by atoms with Crippen LogP contribution in [0.2, 0.25) is 0 Å². The van der Waals surface area contributed by atoms with Crippen LogP contribution in [0.3, 0.4) is 0 Å². The number of allylic oxidation sites excluding steroid dienone is 2. The summed E-state index contributed by atoms with van der Waals surface area (Å²) in [7, 11) is 0. The largest absolute Gasteiger partial charge is 0.466 e. The van der Waals surface area contributed by atoms with Crippen molar-refractivity contribution >= 4 is 5.91 Å². The normalized spacial score (nSPS) is 25.8. The summed E-state index contributed by atoms with van der Waals surface area (Å²) < 4.78 is 5.21. The van der Waals surface area contributed by atoms with Crippen molar-refractivity contribution in [3.63, 3.8) is 0 Å². The van der Waals surface area contributed by atoms with Crippen molar-refractivity contribution in [2.45, 2.75) is 40.2 Å². The number of nitrogens with one attached hydrogen (secondary N) is 1. The second-order valence-corrected chi connectivity index (χ2v) is 7.04. The van der Waals surface area contributed by atoms with Crippen LogP contribution in [-0.4, -0.2) is 17.6 Å². The first-order valence-corrected chi connectivity index (χ1v) is 7.35. The molecule has 1 aromatic rings. The van der Waals surface area contributed by atoms with E-state index in [1.165, 1.54) is 11.8 Å². The Bertz CT molecular complexity index is 536. The summed E-state index contributed by atoms with van der Waals surface area (Å²) in [5.74, 6) is 0.698. The highest BCUT2D eigenvalue weighted by Gasteiger charge is 2.60. The third kappa shape index (κ3) is 3.21. The van der Waals surface area contributed by atoms with E-state index in [-0.39, 0.29) is 29.7 Å². The van der Waals surface area contributed by atoms with Gasteiger partial charge in [-0.25, -0.2) is 0 Å². The molecule has 0 spiro atoms. The minimum atomic E-state index is -1.19. The van der Waals surface area contributed by atoms with Crippen LogP contribution in [0.1, 0.15) is 40.4 Å². The van der Waals surface area contributed by atoms with E-state index >= 15 is 0 Å². The molecular weight excluding hydrogens is 266 g/mol. The summed E-state index contributed by atoms with van der Waals surface area (Å²) in [6.45, 7) is 10.1. The standard InChI is InChI=1S/C17H25NO3/c1-11(2)9-12-14(16(12,3)4)15(19)18-10-17(5,20)13-7-6-8-21-13/h6-9,12,14,20H,10H2,1-5H3,(H,18,19). The van der Waals surface area contributed by atoms with Crippen molar-refractivity contribution in [1.82, 2.24) is 5.32 Å². The average molecular weight is 291 g/mol. The van der Waals surface area contributed by atoms with Gasteiger partial charge in [-0.1, -0.05) is 25.5 Å². The van der Waals surface area contributed by atoms with E-state index in [1.54, 1.807) is 19.1 Å². The molecule has 3 atom stereocenters. The maximum absolute atomic E-state index is 12.3. The van der Waals surface area contributed by atoms with Crippen molar-refractivity contribution in [3.05, 3.63) is 35.8 Å². The Balaban J connectivity index is 1.96. The Morgan fingerprint density at radius 1 is 1.52 bits per heavy atom. The van der Waals surface area contributed by atoms with Crippen LogP contribution in [0.5, 0.6) is 0 Å². The molecule has 1 fully saturated rings. The second-order valence-electron chi connectivity index (χ2n) is 7.04. The Kier molecular flexibility index (Phi) is 4.02. The van der Waals surface area contributed by atoms with Crippen LogP contribution >= 0.6 is 0 Å². The van der Waals surface area contributed by atoms with E-state index in [9.17, 15) is 9.90 Å². The number of rotatable bonds is 5. The van der Waals surface area contributed by atoms with Crippen LogP contribution in [0.25, 0.3) is 0 Å². The van der Waals surface area contributed by atoms with E-state index in [1.807, 2.05) is 13.8 Å². The number of amides is 1. The Hall–Kier alpha value is -1.55. The molecular formula is C17H25NO3. The van der Waals surface area contributed by atoms with Gasteiger partial charge in [0, 0.05) is 0 Å². The molecule has 2 N–H and O–H groups in total. The SMILES string of the molecule is CC(C)=CC1C(C(=O)NCC(C)(O)c2ccco2)C1(C)C. The van der Waals surface area contributed by atoms with Crippen LogP contribution in [-0.2, 0) is 10.4 Å².